The molecule has 0 N–H and O–H groups in total. The molecule has 14 heavy (non-hydrogen) atoms. The predicted molar refractivity (Wildman–Crippen MR) is 60.2 cm³/mol. The predicted octanol–water partition coefficient (Wildman–Crippen LogP) is 3.88. The minimum atomic E-state index is 0.404. The van der Waals surface area contributed by atoms with Crippen LogP contribution in [0.25, 0.3) is 0 Å². The van der Waals surface area contributed by atoms with Crippen LogP contribution in [0.1, 0.15) is 58.8 Å². The minimum Gasteiger partial charge on any atom is -0.295 e. The Balaban J connectivity index is 2.45. The standard InChI is InChI=1S/C13H22O/c1-3-11(2)10-13(14)12-8-6-4-5-7-9-12/h8,11H,3-7,9-10H2,1-2H3. The zero-order valence-corrected chi connectivity index (χ0v) is 9.51. The molecule has 0 heterocycles. The first-order valence-electron chi connectivity index (χ1n) is 5.96. The third-order valence-electron chi connectivity index (χ3n) is 3.13. The second kappa shape index (κ2) is 6.00. The highest BCUT2D eigenvalue weighted by molar-refractivity contribution is 5.95. The summed E-state index contributed by atoms with van der Waals surface area (Å²) in [5.41, 5.74) is 1.11. The molecule has 1 rings (SSSR count). The van der Waals surface area contributed by atoms with Gasteiger partial charge in [-0.05, 0) is 37.2 Å². The highest BCUT2D eigenvalue weighted by Crippen LogP contribution is 2.20. The Hall–Kier alpha value is -0.590. The van der Waals surface area contributed by atoms with Gasteiger partial charge in [-0.3, -0.25) is 4.79 Å². The molecule has 0 aliphatic heterocycles. The van der Waals surface area contributed by atoms with Crippen LogP contribution in [-0.2, 0) is 4.79 Å². The molecule has 1 unspecified atom stereocenters. The van der Waals surface area contributed by atoms with Gasteiger partial charge in [0.15, 0.2) is 5.78 Å². The minimum absolute atomic E-state index is 0.404. The van der Waals surface area contributed by atoms with Crippen molar-refractivity contribution in [3.05, 3.63) is 11.6 Å². The van der Waals surface area contributed by atoms with Crippen LogP contribution in [0.2, 0.25) is 0 Å². The number of carbonyl (C=O) groups excluding carboxylic acids is 1. The highest BCUT2D eigenvalue weighted by atomic mass is 16.1. The number of rotatable bonds is 4. The molecule has 0 saturated heterocycles. The van der Waals surface area contributed by atoms with Crippen molar-refractivity contribution < 1.29 is 4.79 Å². The van der Waals surface area contributed by atoms with Gasteiger partial charge in [0.1, 0.15) is 0 Å². The van der Waals surface area contributed by atoms with E-state index in [4.69, 9.17) is 0 Å². The molecule has 0 aromatic rings. The maximum absolute atomic E-state index is 11.9. The van der Waals surface area contributed by atoms with Crippen LogP contribution in [-0.4, -0.2) is 5.78 Å². The van der Waals surface area contributed by atoms with E-state index >= 15 is 0 Å². The fourth-order valence-corrected chi connectivity index (χ4v) is 1.86. The largest absolute Gasteiger partial charge is 0.295 e. The summed E-state index contributed by atoms with van der Waals surface area (Å²) in [6.07, 6.45) is 9.94. The van der Waals surface area contributed by atoms with E-state index < -0.39 is 0 Å². The second-order valence-corrected chi connectivity index (χ2v) is 4.47. The topological polar surface area (TPSA) is 17.1 Å². The van der Waals surface area contributed by atoms with E-state index in [0.29, 0.717) is 11.7 Å². The van der Waals surface area contributed by atoms with E-state index in [9.17, 15) is 4.79 Å². The Bertz CT molecular complexity index is 215. The van der Waals surface area contributed by atoms with E-state index in [1.54, 1.807) is 0 Å². The van der Waals surface area contributed by atoms with Crippen molar-refractivity contribution in [2.75, 3.05) is 0 Å². The molecule has 1 aliphatic carbocycles. The Morgan fingerprint density at radius 2 is 2.21 bits per heavy atom. The average molecular weight is 194 g/mol. The van der Waals surface area contributed by atoms with Crippen LogP contribution in [0.5, 0.6) is 0 Å². The second-order valence-electron chi connectivity index (χ2n) is 4.47. The molecule has 0 aromatic heterocycles. The highest BCUT2D eigenvalue weighted by Gasteiger charge is 2.13. The number of hydrogen-bond donors (Lipinski definition) is 0. The number of Topliss-reactive ketones (excluding diaryl/α,β-unsaturated/α-hetero) is 1. The van der Waals surface area contributed by atoms with E-state index in [2.05, 4.69) is 19.9 Å². The molecule has 1 atom stereocenters. The van der Waals surface area contributed by atoms with Crippen molar-refractivity contribution in [1.29, 1.82) is 0 Å². The van der Waals surface area contributed by atoms with Gasteiger partial charge < -0.3 is 0 Å². The van der Waals surface area contributed by atoms with Gasteiger partial charge in [0.25, 0.3) is 0 Å². The molecule has 0 radical (unpaired) electrons. The van der Waals surface area contributed by atoms with Gasteiger partial charge in [-0.1, -0.05) is 32.8 Å². The van der Waals surface area contributed by atoms with Crippen LogP contribution < -0.4 is 0 Å². The lowest BCUT2D eigenvalue weighted by Gasteiger charge is -2.09. The summed E-state index contributed by atoms with van der Waals surface area (Å²) >= 11 is 0. The molecule has 1 aliphatic rings. The molecular formula is C13H22O. The van der Waals surface area contributed by atoms with Crippen LogP contribution >= 0.6 is 0 Å². The summed E-state index contributed by atoms with van der Waals surface area (Å²) in [7, 11) is 0. The molecule has 0 amide bonds. The van der Waals surface area contributed by atoms with Crippen molar-refractivity contribution in [3.8, 4) is 0 Å². The third kappa shape index (κ3) is 3.65. The monoisotopic (exact) mass is 194 g/mol. The van der Waals surface area contributed by atoms with Gasteiger partial charge in [-0.15, -0.1) is 0 Å². The van der Waals surface area contributed by atoms with E-state index in [0.717, 1.165) is 31.3 Å². The average Bonchev–Trinajstić information content (AvgIpc) is 2.45. The molecule has 0 saturated carbocycles. The molecule has 0 bridgehead atoms. The maximum Gasteiger partial charge on any atom is 0.158 e. The van der Waals surface area contributed by atoms with Gasteiger partial charge in [-0.25, -0.2) is 0 Å². The first-order valence-corrected chi connectivity index (χ1v) is 5.96. The normalized spacial score (nSPS) is 19.7. The fourth-order valence-electron chi connectivity index (χ4n) is 1.86. The number of ketones is 1. The van der Waals surface area contributed by atoms with Gasteiger partial charge in [-0.2, -0.15) is 0 Å². The molecule has 0 fully saturated rings. The summed E-state index contributed by atoms with van der Waals surface area (Å²) in [5, 5.41) is 0. The Morgan fingerprint density at radius 1 is 1.43 bits per heavy atom. The summed E-state index contributed by atoms with van der Waals surface area (Å²) < 4.78 is 0. The van der Waals surface area contributed by atoms with E-state index in [1.165, 1.54) is 19.3 Å². The van der Waals surface area contributed by atoms with Gasteiger partial charge >= 0.3 is 0 Å². The molecule has 1 heteroatoms. The van der Waals surface area contributed by atoms with Gasteiger partial charge in [0.2, 0.25) is 0 Å². The molecule has 0 aromatic carbocycles. The van der Waals surface area contributed by atoms with Crippen molar-refractivity contribution in [2.45, 2.75) is 58.8 Å². The molecular weight excluding hydrogens is 172 g/mol. The molecule has 1 nitrogen and oxygen atoms in total. The van der Waals surface area contributed by atoms with Crippen LogP contribution in [0.4, 0.5) is 0 Å². The lowest BCUT2D eigenvalue weighted by Crippen LogP contribution is -2.07. The quantitative estimate of drug-likeness (QED) is 0.663. The van der Waals surface area contributed by atoms with Crippen molar-refractivity contribution in [3.63, 3.8) is 0 Å². The SMILES string of the molecule is CCC(C)CC(=O)C1=CCCCCC1. The Labute approximate surface area is 87.6 Å². The Morgan fingerprint density at radius 3 is 2.93 bits per heavy atom. The zero-order valence-electron chi connectivity index (χ0n) is 9.51. The Kier molecular flexibility index (Phi) is 4.92. The van der Waals surface area contributed by atoms with E-state index in [1.807, 2.05) is 0 Å². The third-order valence-corrected chi connectivity index (χ3v) is 3.13. The summed E-state index contributed by atoms with van der Waals surface area (Å²) in [6, 6.07) is 0. The number of carbonyl (C=O) groups is 1. The number of allylic oxidation sites excluding steroid dienone is 2. The fraction of sp³-hybridized carbons (Fsp3) is 0.769. The molecule has 80 valence electrons. The smallest absolute Gasteiger partial charge is 0.158 e. The lowest BCUT2D eigenvalue weighted by atomic mass is 9.95. The van der Waals surface area contributed by atoms with Crippen LogP contribution in [0.3, 0.4) is 0 Å². The van der Waals surface area contributed by atoms with Crippen molar-refractivity contribution in [1.82, 2.24) is 0 Å². The number of hydrogen-bond acceptors (Lipinski definition) is 1. The van der Waals surface area contributed by atoms with Crippen molar-refractivity contribution in [2.24, 2.45) is 5.92 Å². The van der Waals surface area contributed by atoms with Gasteiger partial charge in [0, 0.05) is 6.42 Å². The zero-order chi connectivity index (χ0) is 10.4. The lowest BCUT2D eigenvalue weighted by molar-refractivity contribution is -0.116. The summed E-state index contributed by atoms with van der Waals surface area (Å²) in [6.45, 7) is 4.31. The van der Waals surface area contributed by atoms with Gasteiger partial charge in [0.05, 0.1) is 0 Å². The van der Waals surface area contributed by atoms with E-state index in [-0.39, 0.29) is 0 Å². The van der Waals surface area contributed by atoms with Crippen molar-refractivity contribution >= 4 is 5.78 Å². The summed E-state index contributed by atoms with van der Waals surface area (Å²) in [5.74, 6) is 0.952. The molecule has 0 spiro atoms. The van der Waals surface area contributed by atoms with Crippen LogP contribution in [0.15, 0.2) is 11.6 Å². The summed E-state index contributed by atoms with van der Waals surface area (Å²) in [4.78, 5) is 11.9. The first-order chi connectivity index (χ1) is 6.74. The first kappa shape index (κ1) is 11.5. The van der Waals surface area contributed by atoms with Crippen LogP contribution in [0, 0.1) is 5.92 Å². The maximum atomic E-state index is 11.9.